The first-order valence-corrected chi connectivity index (χ1v) is 10.1. The van der Waals surface area contributed by atoms with Crippen LogP contribution >= 0.6 is 11.3 Å². The van der Waals surface area contributed by atoms with Crippen molar-refractivity contribution in [1.29, 1.82) is 0 Å². The molecular weight excluding hydrogens is 377 g/mol. The van der Waals surface area contributed by atoms with Crippen molar-refractivity contribution in [2.45, 2.75) is 32.0 Å². The number of thiophene rings is 1. The van der Waals surface area contributed by atoms with Crippen molar-refractivity contribution >= 4 is 21.6 Å². The Morgan fingerprint density at radius 2 is 2.07 bits per heavy atom. The summed E-state index contributed by atoms with van der Waals surface area (Å²) in [6.07, 6.45) is 3.76. The number of furan rings is 1. The molecule has 142 valence electrons. The average molecular weight is 395 g/mol. The van der Waals surface area contributed by atoms with Crippen LogP contribution in [-0.2, 0) is 13.1 Å². The summed E-state index contributed by atoms with van der Waals surface area (Å²) in [5, 5.41) is 2.45. The Labute approximate surface area is 164 Å². The third-order valence-corrected chi connectivity index (χ3v) is 5.90. The molecule has 0 saturated heterocycles. The zero-order valence-corrected chi connectivity index (χ0v) is 15.8. The Morgan fingerprint density at radius 1 is 1.21 bits per heavy atom. The number of benzene rings is 1. The average Bonchev–Trinajstić information content (AvgIpc) is 3.21. The van der Waals surface area contributed by atoms with Gasteiger partial charge in [-0.3, -0.25) is 9.69 Å². The van der Waals surface area contributed by atoms with Crippen molar-refractivity contribution in [3.8, 4) is 11.3 Å². The standard InChI is InChI=1S/C21H18FN3O2S/c22-16-5-2-1-4-13(16)10-25(14-7-8-14)11-18-23-20(26)19-15(12-28-21(19)24-18)17-6-3-9-27-17/h1-6,9,12,14H,7-8,10-11H2,(H,23,24,26). The molecule has 3 heterocycles. The molecule has 0 bridgehead atoms. The van der Waals surface area contributed by atoms with Gasteiger partial charge in [0.05, 0.1) is 18.2 Å². The lowest BCUT2D eigenvalue weighted by Crippen LogP contribution is -2.27. The van der Waals surface area contributed by atoms with Crippen LogP contribution < -0.4 is 5.56 Å². The number of rotatable bonds is 6. The van der Waals surface area contributed by atoms with Gasteiger partial charge >= 0.3 is 0 Å². The second-order valence-corrected chi connectivity index (χ2v) is 7.91. The predicted molar refractivity (Wildman–Crippen MR) is 107 cm³/mol. The molecule has 0 radical (unpaired) electrons. The molecule has 5 rings (SSSR count). The number of aromatic nitrogens is 2. The van der Waals surface area contributed by atoms with Gasteiger partial charge in [0, 0.05) is 29.1 Å². The quantitative estimate of drug-likeness (QED) is 0.520. The maximum absolute atomic E-state index is 14.1. The molecule has 5 nitrogen and oxygen atoms in total. The number of halogens is 1. The van der Waals surface area contributed by atoms with Crippen molar-refractivity contribution in [3.05, 3.63) is 75.6 Å². The van der Waals surface area contributed by atoms with Gasteiger partial charge in [0.2, 0.25) is 0 Å². The van der Waals surface area contributed by atoms with Crippen LogP contribution in [0.15, 0.2) is 57.3 Å². The van der Waals surface area contributed by atoms with E-state index in [2.05, 4.69) is 14.9 Å². The van der Waals surface area contributed by atoms with Gasteiger partial charge in [0.1, 0.15) is 22.2 Å². The minimum Gasteiger partial charge on any atom is -0.464 e. The van der Waals surface area contributed by atoms with E-state index in [0.717, 1.165) is 18.4 Å². The fourth-order valence-electron chi connectivity index (χ4n) is 3.47. The van der Waals surface area contributed by atoms with Crippen LogP contribution in [0.1, 0.15) is 24.2 Å². The minimum atomic E-state index is -0.202. The number of nitrogens with zero attached hydrogens (tertiary/aromatic N) is 2. The molecule has 28 heavy (non-hydrogen) atoms. The molecule has 0 aliphatic heterocycles. The largest absolute Gasteiger partial charge is 0.464 e. The SMILES string of the molecule is O=c1[nH]c(CN(Cc2ccccc2F)C2CC2)nc2scc(-c3ccco3)c12. The zero-order chi connectivity index (χ0) is 19.1. The molecule has 0 amide bonds. The highest BCUT2D eigenvalue weighted by molar-refractivity contribution is 7.17. The zero-order valence-electron chi connectivity index (χ0n) is 15.0. The molecule has 4 aromatic rings. The van der Waals surface area contributed by atoms with Gasteiger partial charge < -0.3 is 9.40 Å². The van der Waals surface area contributed by atoms with Crippen molar-refractivity contribution in [2.75, 3.05) is 0 Å². The van der Waals surface area contributed by atoms with Crippen LogP contribution in [0.2, 0.25) is 0 Å². The van der Waals surface area contributed by atoms with Gasteiger partial charge in [-0.15, -0.1) is 11.3 Å². The van der Waals surface area contributed by atoms with E-state index in [1.54, 1.807) is 24.5 Å². The fourth-order valence-corrected chi connectivity index (χ4v) is 4.42. The summed E-state index contributed by atoms with van der Waals surface area (Å²) >= 11 is 1.43. The molecule has 1 fully saturated rings. The molecule has 0 spiro atoms. The third-order valence-electron chi connectivity index (χ3n) is 5.03. The molecule has 1 saturated carbocycles. The molecular formula is C21H18FN3O2S. The van der Waals surface area contributed by atoms with E-state index in [4.69, 9.17) is 4.42 Å². The maximum Gasteiger partial charge on any atom is 0.260 e. The summed E-state index contributed by atoms with van der Waals surface area (Å²) in [6, 6.07) is 10.9. The van der Waals surface area contributed by atoms with E-state index < -0.39 is 0 Å². The molecule has 3 aromatic heterocycles. The number of fused-ring (bicyclic) bond motifs is 1. The van der Waals surface area contributed by atoms with Crippen LogP contribution in [0.3, 0.4) is 0 Å². The van der Waals surface area contributed by atoms with E-state index in [-0.39, 0.29) is 11.4 Å². The highest BCUT2D eigenvalue weighted by Gasteiger charge is 2.30. The normalized spacial score (nSPS) is 14.2. The maximum atomic E-state index is 14.1. The van der Waals surface area contributed by atoms with Crippen LogP contribution in [0.4, 0.5) is 4.39 Å². The lowest BCUT2D eigenvalue weighted by atomic mass is 10.2. The number of hydrogen-bond acceptors (Lipinski definition) is 5. The first-order valence-electron chi connectivity index (χ1n) is 9.21. The third kappa shape index (κ3) is 3.27. The summed E-state index contributed by atoms with van der Waals surface area (Å²) in [6.45, 7) is 0.985. The number of aromatic amines is 1. The number of hydrogen-bond donors (Lipinski definition) is 1. The molecule has 0 unspecified atom stereocenters. The van der Waals surface area contributed by atoms with E-state index in [9.17, 15) is 9.18 Å². The highest BCUT2D eigenvalue weighted by Crippen LogP contribution is 2.32. The molecule has 1 aliphatic carbocycles. The monoisotopic (exact) mass is 395 g/mol. The van der Waals surface area contributed by atoms with Gasteiger partial charge in [0.15, 0.2) is 0 Å². The molecule has 1 N–H and O–H groups in total. The van der Waals surface area contributed by atoms with Gasteiger partial charge in [-0.05, 0) is 31.0 Å². The Hall–Kier alpha value is -2.77. The summed E-state index contributed by atoms with van der Waals surface area (Å²) in [5.41, 5.74) is 1.25. The smallest absolute Gasteiger partial charge is 0.260 e. The Balaban J connectivity index is 1.45. The topological polar surface area (TPSA) is 62.1 Å². The Bertz CT molecular complexity index is 1180. The summed E-state index contributed by atoms with van der Waals surface area (Å²) in [7, 11) is 0. The van der Waals surface area contributed by atoms with Crippen molar-refractivity contribution in [1.82, 2.24) is 14.9 Å². The Morgan fingerprint density at radius 3 is 2.82 bits per heavy atom. The number of H-pyrrole nitrogens is 1. The highest BCUT2D eigenvalue weighted by atomic mass is 32.1. The van der Waals surface area contributed by atoms with Crippen molar-refractivity contribution < 1.29 is 8.81 Å². The lowest BCUT2D eigenvalue weighted by molar-refractivity contribution is 0.236. The van der Waals surface area contributed by atoms with Crippen LogP contribution in [0.5, 0.6) is 0 Å². The Kier molecular flexibility index (Phi) is 4.33. The minimum absolute atomic E-state index is 0.172. The molecule has 7 heteroatoms. The predicted octanol–water partition coefficient (Wildman–Crippen LogP) is 4.55. The second kappa shape index (κ2) is 7.00. The van der Waals surface area contributed by atoms with E-state index in [0.29, 0.717) is 46.5 Å². The van der Waals surface area contributed by atoms with E-state index >= 15 is 0 Å². The summed E-state index contributed by atoms with van der Waals surface area (Å²) in [4.78, 5) is 23.2. The van der Waals surface area contributed by atoms with Gasteiger partial charge in [0.25, 0.3) is 5.56 Å². The van der Waals surface area contributed by atoms with Gasteiger partial charge in [-0.2, -0.15) is 0 Å². The molecule has 1 aliphatic rings. The van der Waals surface area contributed by atoms with Crippen LogP contribution in [0, 0.1) is 5.82 Å². The second-order valence-electron chi connectivity index (χ2n) is 7.05. The van der Waals surface area contributed by atoms with Gasteiger partial charge in [-0.25, -0.2) is 9.37 Å². The first kappa shape index (κ1) is 17.3. The summed E-state index contributed by atoms with van der Waals surface area (Å²) in [5.74, 6) is 1.06. The van der Waals surface area contributed by atoms with E-state index in [1.165, 1.54) is 17.4 Å². The first-order chi connectivity index (χ1) is 13.7. The van der Waals surface area contributed by atoms with Crippen molar-refractivity contribution in [3.63, 3.8) is 0 Å². The summed E-state index contributed by atoms with van der Waals surface area (Å²) < 4.78 is 19.5. The van der Waals surface area contributed by atoms with Gasteiger partial charge in [-0.1, -0.05) is 18.2 Å². The van der Waals surface area contributed by atoms with Crippen molar-refractivity contribution in [2.24, 2.45) is 0 Å². The van der Waals surface area contributed by atoms with E-state index in [1.807, 2.05) is 17.5 Å². The molecule has 1 aromatic carbocycles. The fraction of sp³-hybridized carbons (Fsp3) is 0.238. The number of nitrogens with one attached hydrogen (secondary N) is 1. The van der Waals surface area contributed by atoms with Crippen LogP contribution in [0.25, 0.3) is 21.5 Å². The molecule has 0 atom stereocenters. The van der Waals surface area contributed by atoms with Crippen LogP contribution in [-0.4, -0.2) is 20.9 Å². The lowest BCUT2D eigenvalue weighted by Gasteiger charge is -2.21.